The molecular weight excluding hydrogens is 659 g/mol. The predicted octanol–water partition coefficient (Wildman–Crippen LogP) is 6.79. The number of carbonyl (C=O) groups is 1. The molecule has 46 heavy (non-hydrogen) atoms. The maximum absolute atomic E-state index is 15.6. The van der Waals surface area contributed by atoms with Crippen molar-refractivity contribution in [2.75, 3.05) is 30.3 Å². The minimum absolute atomic E-state index is 0.00290. The number of fused-ring (bicyclic) bond motifs is 1. The maximum atomic E-state index is 15.6. The van der Waals surface area contributed by atoms with Crippen molar-refractivity contribution in [3.05, 3.63) is 84.9 Å². The SMILES string of the molecule is C=CC(=O)N1CCN(c2c(C#N)c(=O)n(-c3c(C)ccnc3C(C)C)c3nc(-c4c(F)c(Cl)c(F)c(N)c4Cl)c(Cl)cc23)C[C@H]1C. The first-order valence-electron chi connectivity index (χ1n) is 14.2. The zero-order valence-electron chi connectivity index (χ0n) is 25.3. The number of carbonyl (C=O) groups excluding carboxylic acids is 1. The van der Waals surface area contributed by atoms with Gasteiger partial charge in [0.1, 0.15) is 22.3 Å². The third kappa shape index (κ3) is 5.24. The summed E-state index contributed by atoms with van der Waals surface area (Å²) in [4.78, 5) is 39.6. The number of hydrogen-bond acceptors (Lipinski definition) is 7. The van der Waals surface area contributed by atoms with Gasteiger partial charge in [-0.05, 0) is 43.5 Å². The molecule has 1 atom stereocenters. The number of aromatic nitrogens is 3. The lowest BCUT2D eigenvalue weighted by Gasteiger charge is -2.41. The van der Waals surface area contributed by atoms with Crippen molar-refractivity contribution >= 4 is 63.1 Å². The molecule has 1 aliphatic heterocycles. The van der Waals surface area contributed by atoms with E-state index in [9.17, 15) is 19.2 Å². The molecule has 0 bridgehead atoms. The Balaban J connectivity index is 1.94. The smallest absolute Gasteiger partial charge is 0.276 e. The van der Waals surface area contributed by atoms with Crippen molar-refractivity contribution in [1.82, 2.24) is 19.4 Å². The standard InChI is InChI=1S/C32H28Cl3F2N7O2/c1-6-20(45)43-10-9-42(13-16(43)5)30-17-11-19(33)28(21-22(34)26(39)25(37)23(35)24(21)36)41-31(17)44(32(46)18(30)12-38)29-15(4)7-8-40-27(29)14(2)3/h6-8,11,14,16H,1,9-10,13,39H2,2-5H3/t16-/m1/s1. The number of aryl methyl sites for hydroxylation is 1. The summed E-state index contributed by atoms with van der Waals surface area (Å²) in [5.74, 6) is -2.88. The molecule has 1 amide bonds. The van der Waals surface area contributed by atoms with Gasteiger partial charge >= 0.3 is 0 Å². The predicted molar refractivity (Wildman–Crippen MR) is 177 cm³/mol. The van der Waals surface area contributed by atoms with E-state index < -0.39 is 38.5 Å². The summed E-state index contributed by atoms with van der Waals surface area (Å²) in [6.45, 7) is 11.8. The highest BCUT2D eigenvalue weighted by Crippen LogP contribution is 2.44. The van der Waals surface area contributed by atoms with E-state index in [-0.39, 0.29) is 70.5 Å². The molecule has 1 fully saturated rings. The average molecular weight is 687 g/mol. The van der Waals surface area contributed by atoms with E-state index >= 15 is 4.39 Å². The lowest BCUT2D eigenvalue weighted by molar-refractivity contribution is -0.128. The van der Waals surface area contributed by atoms with Gasteiger partial charge in [-0.1, -0.05) is 55.2 Å². The average Bonchev–Trinajstić information content (AvgIpc) is 3.02. The fraction of sp³-hybridized carbons (Fsp3) is 0.281. The third-order valence-corrected chi connectivity index (χ3v) is 9.06. The second-order valence-electron chi connectivity index (χ2n) is 11.3. The van der Waals surface area contributed by atoms with Gasteiger partial charge in [-0.3, -0.25) is 19.1 Å². The second-order valence-corrected chi connectivity index (χ2v) is 12.4. The van der Waals surface area contributed by atoms with Crippen molar-refractivity contribution in [2.24, 2.45) is 0 Å². The highest BCUT2D eigenvalue weighted by molar-refractivity contribution is 6.39. The highest BCUT2D eigenvalue weighted by Gasteiger charge is 2.33. The van der Waals surface area contributed by atoms with Gasteiger partial charge < -0.3 is 15.5 Å². The largest absolute Gasteiger partial charge is 0.395 e. The third-order valence-electron chi connectivity index (χ3n) is 8.05. The number of halogens is 5. The lowest BCUT2D eigenvalue weighted by atomic mass is 10.0. The van der Waals surface area contributed by atoms with Crippen LogP contribution >= 0.6 is 34.8 Å². The monoisotopic (exact) mass is 685 g/mol. The van der Waals surface area contributed by atoms with Crippen LogP contribution in [0.5, 0.6) is 0 Å². The van der Waals surface area contributed by atoms with Gasteiger partial charge in [0, 0.05) is 37.3 Å². The molecule has 9 nitrogen and oxygen atoms in total. The summed E-state index contributed by atoms with van der Waals surface area (Å²) >= 11 is 19.0. The minimum atomic E-state index is -1.24. The number of anilines is 2. The molecular formula is C32H28Cl3F2N7O2. The fourth-order valence-electron chi connectivity index (χ4n) is 5.83. The van der Waals surface area contributed by atoms with Crippen LogP contribution in [0, 0.1) is 29.9 Å². The van der Waals surface area contributed by atoms with E-state index in [0.29, 0.717) is 16.9 Å². The van der Waals surface area contributed by atoms with Crippen LogP contribution in [0.4, 0.5) is 20.2 Å². The molecule has 5 rings (SSSR count). The van der Waals surface area contributed by atoms with E-state index in [2.05, 4.69) is 17.6 Å². The van der Waals surface area contributed by atoms with Crippen LogP contribution in [0.15, 0.2) is 35.8 Å². The van der Waals surface area contributed by atoms with Crippen LogP contribution in [0.2, 0.25) is 15.1 Å². The lowest BCUT2D eigenvalue weighted by Crippen LogP contribution is -2.54. The van der Waals surface area contributed by atoms with Crippen LogP contribution in [0.1, 0.15) is 43.5 Å². The summed E-state index contributed by atoms with van der Waals surface area (Å²) < 4.78 is 31.4. The molecule has 4 heterocycles. The summed E-state index contributed by atoms with van der Waals surface area (Å²) in [5, 5.41) is 9.19. The zero-order chi connectivity index (χ0) is 33.8. The Kier molecular flexibility index (Phi) is 9.01. The second kappa shape index (κ2) is 12.5. The molecule has 2 N–H and O–H groups in total. The molecule has 0 saturated carbocycles. The Hall–Kier alpha value is -4.24. The first kappa shape index (κ1) is 33.1. The Bertz CT molecular complexity index is 2030. The van der Waals surface area contributed by atoms with Crippen molar-refractivity contribution in [1.29, 1.82) is 5.26 Å². The molecule has 14 heteroatoms. The molecule has 0 unspecified atom stereocenters. The number of amides is 1. The number of rotatable bonds is 5. The number of benzene rings is 1. The van der Waals surface area contributed by atoms with Crippen molar-refractivity contribution in [3.63, 3.8) is 0 Å². The van der Waals surface area contributed by atoms with Gasteiger partial charge in [0.25, 0.3) is 5.56 Å². The van der Waals surface area contributed by atoms with Gasteiger partial charge in [0.2, 0.25) is 5.91 Å². The van der Waals surface area contributed by atoms with E-state index in [1.165, 1.54) is 16.7 Å². The summed E-state index contributed by atoms with van der Waals surface area (Å²) in [6, 6.07) is 4.93. The quantitative estimate of drug-likeness (QED) is 0.106. The number of nitriles is 1. The molecule has 1 aliphatic rings. The first-order valence-corrected chi connectivity index (χ1v) is 15.3. The minimum Gasteiger partial charge on any atom is -0.395 e. The summed E-state index contributed by atoms with van der Waals surface area (Å²) in [5.41, 5.74) is 5.43. The van der Waals surface area contributed by atoms with Crippen LogP contribution in [-0.4, -0.2) is 51.0 Å². The van der Waals surface area contributed by atoms with Crippen LogP contribution < -0.4 is 16.2 Å². The Morgan fingerprint density at radius 3 is 2.50 bits per heavy atom. The fourth-order valence-corrected chi connectivity index (χ4v) is 6.53. The molecule has 238 valence electrons. The van der Waals surface area contributed by atoms with Crippen molar-refractivity contribution in [2.45, 2.75) is 39.7 Å². The van der Waals surface area contributed by atoms with Gasteiger partial charge in [0.15, 0.2) is 11.6 Å². The summed E-state index contributed by atoms with van der Waals surface area (Å²) in [7, 11) is 0. The number of nitrogens with zero attached hydrogens (tertiary/aromatic N) is 6. The number of nitrogen functional groups attached to an aromatic ring is 1. The zero-order valence-corrected chi connectivity index (χ0v) is 27.5. The van der Waals surface area contributed by atoms with Crippen molar-refractivity contribution < 1.29 is 13.6 Å². The van der Waals surface area contributed by atoms with Crippen LogP contribution in [0.3, 0.4) is 0 Å². The molecule has 0 aliphatic carbocycles. The topological polar surface area (TPSA) is 121 Å². The van der Waals surface area contributed by atoms with Crippen LogP contribution in [-0.2, 0) is 4.79 Å². The van der Waals surface area contributed by atoms with Gasteiger partial charge in [-0.15, -0.1) is 0 Å². The summed E-state index contributed by atoms with van der Waals surface area (Å²) in [6.07, 6.45) is 2.84. The molecule has 1 aromatic carbocycles. The molecule has 0 spiro atoms. The van der Waals surface area contributed by atoms with Gasteiger partial charge in [-0.2, -0.15) is 5.26 Å². The van der Waals surface area contributed by atoms with E-state index in [1.807, 2.05) is 25.7 Å². The Labute approximate surface area is 278 Å². The van der Waals surface area contributed by atoms with E-state index in [0.717, 1.165) is 0 Å². The van der Waals surface area contributed by atoms with Crippen LogP contribution in [0.25, 0.3) is 28.0 Å². The highest BCUT2D eigenvalue weighted by atomic mass is 35.5. The van der Waals surface area contributed by atoms with Gasteiger partial charge in [-0.25, -0.2) is 13.8 Å². The van der Waals surface area contributed by atoms with Crippen molar-refractivity contribution in [3.8, 4) is 23.0 Å². The molecule has 4 aromatic rings. The number of pyridine rings is 3. The Morgan fingerprint density at radius 1 is 1.20 bits per heavy atom. The molecule has 3 aromatic heterocycles. The number of nitrogens with two attached hydrogens (primary N) is 1. The van der Waals surface area contributed by atoms with Gasteiger partial charge in [0.05, 0.1) is 44.1 Å². The normalized spacial score (nSPS) is 15.0. The molecule has 0 radical (unpaired) electrons. The molecule has 1 saturated heterocycles. The number of hydrogen-bond donors (Lipinski definition) is 1. The van der Waals surface area contributed by atoms with E-state index in [1.54, 1.807) is 24.1 Å². The number of piperazine rings is 1. The Morgan fingerprint density at radius 2 is 1.89 bits per heavy atom. The maximum Gasteiger partial charge on any atom is 0.276 e. The van der Waals surface area contributed by atoms with E-state index in [4.69, 9.17) is 45.5 Å². The first-order chi connectivity index (χ1) is 21.7.